The van der Waals surface area contributed by atoms with Gasteiger partial charge in [-0.3, -0.25) is 9.10 Å². The molecule has 144 valence electrons. The molecule has 1 amide bonds. The summed E-state index contributed by atoms with van der Waals surface area (Å²) in [6.45, 7) is 5.40. The number of benzene rings is 2. The topological polar surface area (TPSA) is 75.7 Å². The average Bonchev–Trinajstić information content (AvgIpc) is 2.60. The van der Waals surface area contributed by atoms with Gasteiger partial charge in [-0.15, -0.1) is 0 Å². The molecule has 1 N–H and O–H groups in total. The number of amides is 1. The highest BCUT2D eigenvalue weighted by atomic mass is 35.5. The first-order valence-electron chi connectivity index (χ1n) is 8.54. The highest BCUT2D eigenvalue weighted by Crippen LogP contribution is 2.38. The third-order valence-corrected chi connectivity index (χ3v) is 6.15. The summed E-state index contributed by atoms with van der Waals surface area (Å²) in [5, 5.41) is 3.14. The van der Waals surface area contributed by atoms with Gasteiger partial charge in [0.15, 0.2) is 6.10 Å². The molecular weight excluding hydrogens is 388 g/mol. The fourth-order valence-electron chi connectivity index (χ4n) is 2.80. The normalized spacial score (nSPS) is 16.6. The Bertz CT molecular complexity index is 958. The van der Waals surface area contributed by atoms with Crippen molar-refractivity contribution in [1.29, 1.82) is 0 Å². The fraction of sp³-hybridized carbons (Fsp3) is 0.316. The number of rotatable bonds is 4. The van der Waals surface area contributed by atoms with Crippen molar-refractivity contribution in [2.75, 3.05) is 10.8 Å². The third-order valence-electron chi connectivity index (χ3n) is 4.12. The van der Waals surface area contributed by atoms with Crippen molar-refractivity contribution >= 4 is 33.2 Å². The van der Waals surface area contributed by atoms with E-state index in [9.17, 15) is 13.2 Å². The van der Waals surface area contributed by atoms with Crippen LogP contribution in [0.3, 0.4) is 0 Å². The maximum Gasteiger partial charge on any atom is 0.264 e. The number of fused-ring (bicyclic) bond motifs is 1. The van der Waals surface area contributed by atoms with Crippen LogP contribution in [-0.2, 0) is 14.8 Å². The van der Waals surface area contributed by atoms with E-state index >= 15 is 0 Å². The number of halogens is 1. The summed E-state index contributed by atoms with van der Waals surface area (Å²) in [6.07, 6.45) is -0.957. The van der Waals surface area contributed by atoms with Crippen molar-refractivity contribution in [2.45, 2.75) is 37.8 Å². The molecule has 1 heterocycles. The maximum atomic E-state index is 13.3. The first-order valence-corrected chi connectivity index (χ1v) is 10.4. The van der Waals surface area contributed by atoms with E-state index in [0.29, 0.717) is 16.5 Å². The van der Waals surface area contributed by atoms with E-state index in [2.05, 4.69) is 5.32 Å². The number of nitrogens with one attached hydrogen (secondary N) is 1. The molecule has 0 unspecified atom stereocenters. The van der Waals surface area contributed by atoms with E-state index in [-0.39, 0.29) is 23.4 Å². The minimum atomic E-state index is -3.89. The van der Waals surface area contributed by atoms with E-state index in [1.54, 1.807) is 36.4 Å². The highest BCUT2D eigenvalue weighted by Gasteiger charge is 2.37. The number of aryl methyl sites for hydroxylation is 1. The van der Waals surface area contributed by atoms with Gasteiger partial charge in [0, 0.05) is 11.1 Å². The van der Waals surface area contributed by atoms with Crippen molar-refractivity contribution < 1.29 is 17.9 Å². The molecular formula is C19H21ClN2O4S. The standard InChI is InChI=1S/C19H21ClN2O4S/c1-12(2)21-19(23)18-11-22(16-10-14(20)6-9-17(16)26-18)27(24,25)15-7-4-13(3)5-8-15/h4-10,12,18H,11H2,1-3H3,(H,21,23)/t18-/m0/s1. The van der Waals surface area contributed by atoms with Crippen molar-refractivity contribution in [3.63, 3.8) is 0 Å². The minimum absolute atomic E-state index is 0.0881. The number of sulfonamides is 1. The summed E-state index contributed by atoms with van der Waals surface area (Å²) in [4.78, 5) is 12.6. The van der Waals surface area contributed by atoms with Crippen molar-refractivity contribution in [3.8, 4) is 5.75 Å². The van der Waals surface area contributed by atoms with E-state index < -0.39 is 16.1 Å². The van der Waals surface area contributed by atoms with Gasteiger partial charge in [0.1, 0.15) is 5.75 Å². The maximum absolute atomic E-state index is 13.3. The van der Waals surface area contributed by atoms with Crippen molar-refractivity contribution in [1.82, 2.24) is 5.32 Å². The smallest absolute Gasteiger partial charge is 0.264 e. The first-order chi connectivity index (χ1) is 12.7. The Morgan fingerprint density at radius 3 is 2.52 bits per heavy atom. The Morgan fingerprint density at radius 1 is 1.22 bits per heavy atom. The first kappa shape index (κ1) is 19.5. The van der Waals surface area contributed by atoms with Gasteiger partial charge >= 0.3 is 0 Å². The van der Waals surface area contributed by atoms with Crippen LogP contribution in [0.2, 0.25) is 5.02 Å². The molecule has 8 heteroatoms. The van der Waals surface area contributed by atoms with Gasteiger partial charge < -0.3 is 10.1 Å². The second-order valence-corrected chi connectivity index (χ2v) is 9.03. The molecule has 2 aromatic rings. The number of ether oxygens (including phenoxy) is 1. The molecule has 6 nitrogen and oxygen atoms in total. The summed E-state index contributed by atoms with van der Waals surface area (Å²) in [5.74, 6) is -0.0695. The van der Waals surface area contributed by atoms with Gasteiger partial charge in [0.25, 0.3) is 15.9 Å². The predicted octanol–water partition coefficient (Wildman–Crippen LogP) is 3.13. The number of nitrogens with zero attached hydrogens (tertiary/aromatic N) is 1. The Labute approximate surface area is 164 Å². The van der Waals surface area contributed by atoms with Crippen LogP contribution < -0.4 is 14.4 Å². The molecule has 0 radical (unpaired) electrons. The summed E-state index contributed by atoms with van der Waals surface area (Å²) in [5.41, 5.74) is 1.27. The lowest BCUT2D eigenvalue weighted by atomic mass is 10.2. The molecule has 0 aliphatic carbocycles. The highest BCUT2D eigenvalue weighted by molar-refractivity contribution is 7.92. The van der Waals surface area contributed by atoms with Crippen molar-refractivity contribution in [2.24, 2.45) is 0 Å². The Hall–Kier alpha value is -2.25. The quantitative estimate of drug-likeness (QED) is 0.843. The Morgan fingerprint density at radius 2 is 1.89 bits per heavy atom. The molecule has 0 saturated carbocycles. The van der Waals surface area contributed by atoms with Gasteiger partial charge in [-0.25, -0.2) is 8.42 Å². The fourth-order valence-corrected chi connectivity index (χ4v) is 4.44. The average molecular weight is 409 g/mol. The van der Waals surface area contributed by atoms with Crippen LogP contribution in [0.5, 0.6) is 5.75 Å². The summed E-state index contributed by atoms with van der Waals surface area (Å²) in [6, 6.07) is 11.2. The largest absolute Gasteiger partial charge is 0.476 e. The molecule has 0 fully saturated rings. The van der Waals surface area contributed by atoms with Crippen LogP contribution in [0.4, 0.5) is 5.69 Å². The summed E-state index contributed by atoms with van der Waals surface area (Å²) < 4.78 is 33.5. The van der Waals surface area contributed by atoms with Gasteiger partial charge in [-0.1, -0.05) is 29.3 Å². The zero-order valence-corrected chi connectivity index (χ0v) is 16.8. The number of carbonyl (C=O) groups is 1. The van der Waals surface area contributed by atoms with Crippen LogP contribution in [0, 0.1) is 6.92 Å². The van der Waals surface area contributed by atoms with E-state index in [1.165, 1.54) is 10.4 Å². The Balaban J connectivity index is 2.05. The van der Waals surface area contributed by atoms with Crippen LogP contribution in [-0.4, -0.2) is 33.0 Å². The molecule has 1 atom stereocenters. The second-order valence-electron chi connectivity index (χ2n) is 6.73. The number of carbonyl (C=O) groups excluding carboxylic acids is 1. The third kappa shape index (κ3) is 4.04. The molecule has 2 aromatic carbocycles. The van der Waals surface area contributed by atoms with Gasteiger partial charge in [-0.05, 0) is 51.1 Å². The molecule has 0 saturated heterocycles. The SMILES string of the molecule is Cc1ccc(S(=O)(=O)N2C[C@@H](C(=O)NC(C)C)Oc3ccc(Cl)cc32)cc1. The number of hydrogen-bond donors (Lipinski definition) is 1. The van der Waals surface area contributed by atoms with Crippen molar-refractivity contribution in [3.05, 3.63) is 53.1 Å². The predicted molar refractivity (Wildman–Crippen MR) is 105 cm³/mol. The van der Waals surface area contributed by atoms with Crippen LogP contribution in [0.15, 0.2) is 47.4 Å². The minimum Gasteiger partial charge on any atom is -0.476 e. The van der Waals surface area contributed by atoms with Gasteiger partial charge in [-0.2, -0.15) is 0 Å². The lowest BCUT2D eigenvalue weighted by Crippen LogP contribution is -2.51. The molecule has 27 heavy (non-hydrogen) atoms. The Kier molecular flexibility index (Phi) is 5.35. The zero-order chi connectivity index (χ0) is 19.8. The lowest BCUT2D eigenvalue weighted by molar-refractivity contribution is -0.128. The van der Waals surface area contributed by atoms with E-state index in [0.717, 1.165) is 5.56 Å². The number of hydrogen-bond acceptors (Lipinski definition) is 4. The summed E-state index contributed by atoms with van der Waals surface area (Å²) >= 11 is 6.07. The van der Waals surface area contributed by atoms with Crippen LogP contribution >= 0.6 is 11.6 Å². The zero-order valence-electron chi connectivity index (χ0n) is 15.3. The van der Waals surface area contributed by atoms with Crippen LogP contribution in [0.25, 0.3) is 0 Å². The van der Waals surface area contributed by atoms with Gasteiger partial charge in [0.2, 0.25) is 0 Å². The van der Waals surface area contributed by atoms with E-state index in [1.807, 2.05) is 20.8 Å². The molecule has 3 rings (SSSR count). The lowest BCUT2D eigenvalue weighted by Gasteiger charge is -2.35. The molecule has 1 aliphatic rings. The van der Waals surface area contributed by atoms with Crippen LogP contribution in [0.1, 0.15) is 19.4 Å². The monoisotopic (exact) mass is 408 g/mol. The molecule has 1 aliphatic heterocycles. The molecule has 0 aromatic heterocycles. The molecule has 0 spiro atoms. The van der Waals surface area contributed by atoms with Gasteiger partial charge in [0.05, 0.1) is 17.1 Å². The second kappa shape index (κ2) is 7.40. The molecule has 0 bridgehead atoms. The summed E-state index contributed by atoms with van der Waals surface area (Å²) in [7, 11) is -3.89. The van der Waals surface area contributed by atoms with E-state index in [4.69, 9.17) is 16.3 Å². The number of anilines is 1.